The van der Waals surface area contributed by atoms with Gasteiger partial charge in [-0.05, 0) is 67.3 Å². The molecule has 0 aliphatic carbocycles. The highest BCUT2D eigenvalue weighted by Crippen LogP contribution is 2.33. The minimum Gasteiger partial charge on any atom is -0.494 e. The van der Waals surface area contributed by atoms with Gasteiger partial charge in [0.2, 0.25) is 0 Å². The van der Waals surface area contributed by atoms with Crippen molar-refractivity contribution < 1.29 is 24.2 Å². The number of benzene rings is 2. The Bertz CT molecular complexity index is 1500. The molecule has 1 N–H and O–H groups in total. The highest BCUT2D eigenvalue weighted by atomic mass is 35.5. The number of carbonyl (C=O) groups excluding carboxylic acids is 1. The van der Waals surface area contributed by atoms with Crippen molar-refractivity contribution in [2.45, 2.75) is 51.7 Å². The largest absolute Gasteiger partial charge is 0.494 e. The molecular weight excluding hydrogens is 637 g/mol. The van der Waals surface area contributed by atoms with Crippen LogP contribution >= 0.6 is 35.0 Å². The van der Waals surface area contributed by atoms with Crippen LogP contribution in [0, 0.1) is 0 Å². The fourth-order valence-corrected chi connectivity index (χ4v) is 6.59. The molecule has 0 radical (unpaired) electrons. The van der Waals surface area contributed by atoms with Crippen LogP contribution in [-0.2, 0) is 14.3 Å². The van der Waals surface area contributed by atoms with Gasteiger partial charge in [-0.1, -0.05) is 49.0 Å². The SMILES string of the molecule is CCCCCSCCC(=O)OC(C(=O)O)n1c(=O)ccc2ccc(OCCCCN3CCN(c4cccc(Cl)c4Cl)CC3)cc21. The lowest BCUT2D eigenvalue weighted by atomic mass is 10.2. The minimum absolute atomic E-state index is 0.0698. The second kappa shape index (κ2) is 17.7. The summed E-state index contributed by atoms with van der Waals surface area (Å²) in [4.78, 5) is 42.2. The Morgan fingerprint density at radius 3 is 2.51 bits per heavy atom. The van der Waals surface area contributed by atoms with Crippen LogP contribution in [-0.4, -0.2) is 77.3 Å². The first-order valence-electron chi connectivity index (χ1n) is 15.5. The number of hydrogen-bond donors (Lipinski definition) is 1. The van der Waals surface area contributed by atoms with Crippen molar-refractivity contribution in [3.05, 3.63) is 68.9 Å². The number of piperazine rings is 1. The first-order chi connectivity index (χ1) is 21.8. The van der Waals surface area contributed by atoms with E-state index in [4.69, 9.17) is 32.7 Å². The molecule has 1 atom stereocenters. The summed E-state index contributed by atoms with van der Waals surface area (Å²) < 4.78 is 12.3. The summed E-state index contributed by atoms with van der Waals surface area (Å²) in [6.45, 7) is 7.15. The number of anilines is 1. The third kappa shape index (κ3) is 10.0. The van der Waals surface area contributed by atoms with E-state index in [1.54, 1.807) is 42.1 Å². The lowest BCUT2D eigenvalue weighted by Gasteiger charge is -2.36. The zero-order valence-corrected chi connectivity index (χ0v) is 27.9. The number of aromatic nitrogens is 1. The lowest BCUT2D eigenvalue weighted by molar-refractivity contribution is -0.170. The Labute approximate surface area is 278 Å². The molecular formula is C33H41Cl2N3O6S. The predicted molar refractivity (Wildman–Crippen MR) is 182 cm³/mol. The maximum Gasteiger partial charge on any atom is 0.367 e. The van der Waals surface area contributed by atoms with E-state index >= 15 is 0 Å². The van der Waals surface area contributed by atoms with Gasteiger partial charge in [0, 0.05) is 44.1 Å². The third-order valence-corrected chi connectivity index (χ3v) is 9.60. The standard InChI is InChI=1S/C33H41Cl2N3O6S/c1-2-3-6-21-45-22-14-30(40)44-32(33(41)42)38-28-23-25(12-10-24(28)11-13-29(38)39)43-20-5-4-15-36-16-18-37(19-17-36)27-9-7-8-26(34)31(27)35/h7-13,23,32H,2-6,14-22H2,1H3,(H,41,42). The maximum absolute atomic E-state index is 12.9. The quantitative estimate of drug-likeness (QED) is 0.123. The van der Waals surface area contributed by atoms with Crippen molar-refractivity contribution in [2.24, 2.45) is 0 Å². The molecule has 4 rings (SSSR count). The van der Waals surface area contributed by atoms with Crippen molar-refractivity contribution in [1.29, 1.82) is 0 Å². The molecule has 1 aliphatic rings. The van der Waals surface area contributed by atoms with E-state index in [2.05, 4.69) is 16.7 Å². The third-order valence-electron chi connectivity index (χ3n) is 7.72. The fourth-order valence-electron chi connectivity index (χ4n) is 5.25. The summed E-state index contributed by atoms with van der Waals surface area (Å²) in [5.74, 6) is -0.0987. The average Bonchev–Trinajstić information content (AvgIpc) is 3.03. The summed E-state index contributed by atoms with van der Waals surface area (Å²) in [6, 6.07) is 13.8. The number of thioether (sulfide) groups is 1. The molecule has 1 unspecified atom stereocenters. The first kappa shape index (κ1) is 34.9. The molecule has 45 heavy (non-hydrogen) atoms. The Morgan fingerprint density at radius 1 is 0.978 bits per heavy atom. The zero-order valence-electron chi connectivity index (χ0n) is 25.6. The number of pyridine rings is 1. The van der Waals surface area contributed by atoms with Gasteiger partial charge in [0.1, 0.15) is 5.75 Å². The molecule has 244 valence electrons. The van der Waals surface area contributed by atoms with Crippen molar-refractivity contribution in [3.63, 3.8) is 0 Å². The predicted octanol–water partition coefficient (Wildman–Crippen LogP) is 6.73. The normalized spacial score (nSPS) is 14.4. The van der Waals surface area contributed by atoms with Crippen LogP contribution in [0.4, 0.5) is 5.69 Å². The fraction of sp³-hybridized carbons (Fsp3) is 0.485. The molecule has 0 amide bonds. The molecule has 9 nitrogen and oxygen atoms in total. The molecule has 1 saturated heterocycles. The van der Waals surface area contributed by atoms with Gasteiger partial charge < -0.3 is 19.5 Å². The van der Waals surface area contributed by atoms with Crippen LogP contribution in [0.1, 0.15) is 51.7 Å². The smallest absolute Gasteiger partial charge is 0.367 e. The van der Waals surface area contributed by atoms with Crippen molar-refractivity contribution in [2.75, 3.05) is 55.7 Å². The van der Waals surface area contributed by atoms with Gasteiger partial charge in [-0.3, -0.25) is 19.1 Å². The van der Waals surface area contributed by atoms with Crippen LogP contribution in [0.15, 0.2) is 53.3 Å². The number of carbonyl (C=O) groups is 2. The molecule has 1 aromatic heterocycles. The molecule has 12 heteroatoms. The summed E-state index contributed by atoms with van der Waals surface area (Å²) in [7, 11) is 0. The Balaban J connectivity index is 1.28. The summed E-state index contributed by atoms with van der Waals surface area (Å²) in [5, 5.41) is 11.7. The van der Waals surface area contributed by atoms with E-state index in [0.717, 1.165) is 80.8 Å². The van der Waals surface area contributed by atoms with Gasteiger partial charge >= 0.3 is 11.9 Å². The number of hydrogen-bond acceptors (Lipinski definition) is 8. The van der Waals surface area contributed by atoms with Crippen molar-refractivity contribution >= 4 is 63.5 Å². The molecule has 0 saturated carbocycles. The molecule has 1 aliphatic heterocycles. The zero-order chi connectivity index (χ0) is 32.2. The number of halogens is 2. The molecule has 0 bridgehead atoms. The number of unbranched alkanes of at least 4 members (excludes halogenated alkanes) is 3. The summed E-state index contributed by atoms with van der Waals surface area (Å²) in [6.07, 6.45) is 3.40. The average molecular weight is 679 g/mol. The number of carboxylic acid groups (broad SMARTS) is 1. The van der Waals surface area contributed by atoms with E-state index in [1.165, 1.54) is 6.07 Å². The van der Waals surface area contributed by atoms with Gasteiger partial charge in [-0.2, -0.15) is 11.8 Å². The molecule has 1 fully saturated rings. The minimum atomic E-state index is -1.77. The maximum atomic E-state index is 12.9. The lowest BCUT2D eigenvalue weighted by Crippen LogP contribution is -2.46. The van der Waals surface area contributed by atoms with Crippen LogP contribution in [0.5, 0.6) is 5.75 Å². The van der Waals surface area contributed by atoms with E-state index in [1.807, 2.05) is 12.1 Å². The van der Waals surface area contributed by atoms with Gasteiger partial charge in [0.15, 0.2) is 0 Å². The van der Waals surface area contributed by atoms with Crippen LogP contribution < -0.4 is 15.2 Å². The van der Waals surface area contributed by atoms with E-state index in [9.17, 15) is 19.5 Å². The molecule has 2 aromatic carbocycles. The summed E-state index contributed by atoms with van der Waals surface area (Å²) >= 11 is 14.2. The molecule has 3 aromatic rings. The van der Waals surface area contributed by atoms with Gasteiger partial charge in [0.05, 0.1) is 34.3 Å². The number of esters is 1. The highest BCUT2D eigenvalue weighted by molar-refractivity contribution is 7.99. The van der Waals surface area contributed by atoms with Gasteiger partial charge in [-0.25, -0.2) is 4.79 Å². The monoisotopic (exact) mass is 677 g/mol. The number of aliphatic carboxylic acids is 1. The Kier molecular flexibility index (Phi) is 13.7. The molecule has 2 heterocycles. The Hall–Kier alpha value is -2.92. The van der Waals surface area contributed by atoms with Crippen molar-refractivity contribution in [3.8, 4) is 5.75 Å². The number of rotatable bonds is 17. The van der Waals surface area contributed by atoms with Crippen LogP contribution in [0.25, 0.3) is 10.9 Å². The van der Waals surface area contributed by atoms with E-state index in [-0.39, 0.29) is 6.42 Å². The first-order valence-corrected chi connectivity index (χ1v) is 17.4. The Morgan fingerprint density at radius 2 is 1.76 bits per heavy atom. The number of carboxylic acids is 1. The number of fused-ring (bicyclic) bond motifs is 1. The van der Waals surface area contributed by atoms with Gasteiger partial charge in [0.25, 0.3) is 11.8 Å². The number of nitrogens with zero attached hydrogens (tertiary/aromatic N) is 3. The van der Waals surface area contributed by atoms with Crippen molar-refractivity contribution in [1.82, 2.24) is 9.47 Å². The summed E-state index contributed by atoms with van der Waals surface area (Å²) in [5.41, 5.74) is 0.719. The highest BCUT2D eigenvalue weighted by Gasteiger charge is 2.27. The number of ether oxygens (including phenoxy) is 2. The molecule has 0 spiro atoms. The second-order valence-corrected chi connectivity index (χ2v) is 13.0. The van der Waals surface area contributed by atoms with E-state index < -0.39 is 23.7 Å². The second-order valence-electron chi connectivity index (χ2n) is 11.0. The van der Waals surface area contributed by atoms with E-state index in [0.29, 0.717) is 39.1 Å². The topological polar surface area (TPSA) is 101 Å². The van der Waals surface area contributed by atoms with Crippen LogP contribution in [0.3, 0.4) is 0 Å². The van der Waals surface area contributed by atoms with Gasteiger partial charge in [-0.15, -0.1) is 0 Å². The van der Waals surface area contributed by atoms with Crippen LogP contribution in [0.2, 0.25) is 10.0 Å².